The average molecular weight is 233 g/mol. The second-order valence-corrected chi connectivity index (χ2v) is 4.19. The van der Waals surface area contributed by atoms with E-state index in [-0.39, 0.29) is 6.04 Å². The Hall–Kier alpha value is -1.55. The zero-order valence-electron chi connectivity index (χ0n) is 10.6. The Morgan fingerprint density at radius 2 is 2.18 bits per heavy atom. The summed E-state index contributed by atoms with van der Waals surface area (Å²) in [5.41, 5.74) is 2.15. The van der Waals surface area contributed by atoms with Gasteiger partial charge in [-0.05, 0) is 26.0 Å². The molecule has 0 bridgehead atoms. The molecule has 0 radical (unpaired) electrons. The molecule has 2 rings (SSSR count). The van der Waals surface area contributed by atoms with Crippen molar-refractivity contribution < 1.29 is 4.74 Å². The highest BCUT2D eigenvalue weighted by atomic mass is 16.5. The Balaban J connectivity index is 2.16. The molecule has 1 aromatic heterocycles. The van der Waals surface area contributed by atoms with E-state index in [1.54, 1.807) is 0 Å². The SMILES string of the molecule is CCOCC(C)Nc1nc2ccccc2n1C. The summed E-state index contributed by atoms with van der Waals surface area (Å²) < 4.78 is 7.45. The van der Waals surface area contributed by atoms with Gasteiger partial charge >= 0.3 is 0 Å². The number of hydrogen-bond donors (Lipinski definition) is 1. The van der Waals surface area contributed by atoms with E-state index in [1.807, 2.05) is 32.2 Å². The third kappa shape index (κ3) is 2.58. The Bertz CT molecular complexity index is 492. The van der Waals surface area contributed by atoms with E-state index in [0.29, 0.717) is 6.61 Å². The van der Waals surface area contributed by atoms with E-state index in [1.165, 1.54) is 0 Å². The maximum Gasteiger partial charge on any atom is 0.203 e. The van der Waals surface area contributed by atoms with Crippen LogP contribution in [0.1, 0.15) is 13.8 Å². The van der Waals surface area contributed by atoms with Crippen LogP contribution in [0.4, 0.5) is 5.95 Å². The maximum absolute atomic E-state index is 5.38. The lowest BCUT2D eigenvalue weighted by atomic mass is 10.3. The van der Waals surface area contributed by atoms with Crippen molar-refractivity contribution >= 4 is 17.0 Å². The number of ether oxygens (including phenoxy) is 1. The van der Waals surface area contributed by atoms with E-state index in [9.17, 15) is 0 Å². The number of rotatable bonds is 5. The van der Waals surface area contributed by atoms with Crippen molar-refractivity contribution in [3.8, 4) is 0 Å². The molecule has 4 heteroatoms. The summed E-state index contributed by atoms with van der Waals surface area (Å²) in [6.45, 7) is 5.53. The number of para-hydroxylation sites is 2. The number of hydrogen-bond acceptors (Lipinski definition) is 3. The number of anilines is 1. The summed E-state index contributed by atoms with van der Waals surface area (Å²) in [5.74, 6) is 0.887. The van der Waals surface area contributed by atoms with Gasteiger partial charge in [-0.3, -0.25) is 0 Å². The third-order valence-corrected chi connectivity index (χ3v) is 2.73. The standard InChI is InChI=1S/C13H19N3O/c1-4-17-9-10(2)14-13-15-11-7-5-6-8-12(11)16(13)3/h5-8,10H,4,9H2,1-3H3,(H,14,15). The fourth-order valence-electron chi connectivity index (χ4n) is 1.83. The topological polar surface area (TPSA) is 39.1 Å². The van der Waals surface area contributed by atoms with Gasteiger partial charge < -0.3 is 14.6 Å². The molecule has 0 aliphatic heterocycles. The van der Waals surface area contributed by atoms with Crippen LogP contribution in [0.25, 0.3) is 11.0 Å². The Morgan fingerprint density at radius 3 is 2.88 bits per heavy atom. The van der Waals surface area contributed by atoms with Crippen molar-refractivity contribution in [1.82, 2.24) is 9.55 Å². The predicted molar refractivity (Wildman–Crippen MR) is 70.3 cm³/mol. The van der Waals surface area contributed by atoms with E-state index in [2.05, 4.69) is 27.9 Å². The van der Waals surface area contributed by atoms with Gasteiger partial charge in [-0.25, -0.2) is 4.98 Å². The van der Waals surface area contributed by atoms with Crippen LogP contribution >= 0.6 is 0 Å². The summed E-state index contributed by atoms with van der Waals surface area (Å²) >= 11 is 0. The molecule has 17 heavy (non-hydrogen) atoms. The quantitative estimate of drug-likeness (QED) is 0.862. The lowest BCUT2D eigenvalue weighted by Crippen LogP contribution is -2.23. The fraction of sp³-hybridized carbons (Fsp3) is 0.462. The zero-order chi connectivity index (χ0) is 12.3. The molecule has 1 atom stereocenters. The van der Waals surface area contributed by atoms with Gasteiger partial charge in [-0.1, -0.05) is 12.1 Å². The van der Waals surface area contributed by atoms with Crippen molar-refractivity contribution in [2.45, 2.75) is 19.9 Å². The number of benzene rings is 1. The minimum atomic E-state index is 0.255. The first-order valence-corrected chi connectivity index (χ1v) is 5.98. The Morgan fingerprint density at radius 1 is 1.41 bits per heavy atom. The van der Waals surface area contributed by atoms with Gasteiger partial charge in [0.2, 0.25) is 5.95 Å². The molecule has 4 nitrogen and oxygen atoms in total. The van der Waals surface area contributed by atoms with Crippen LogP contribution in [-0.2, 0) is 11.8 Å². The number of fused-ring (bicyclic) bond motifs is 1. The summed E-state index contributed by atoms with van der Waals surface area (Å²) in [6.07, 6.45) is 0. The summed E-state index contributed by atoms with van der Waals surface area (Å²) in [5, 5.41) is 3.36. The van der Waals surface area contributed by atoms with Crippen LogP contribution in [-0.4, -0.2) is 28.8 Å². The van der Waals surface area contributed by atoms with Crippen molar-refractivity contribution in [2.75, 3.05) is 18.5 Å². The van der Waals surface area contributed by atoms with Crippen LogP contribution in [0.5, 0.6) is 0 Å². The molecule has 0 saturated heterocycles. The molecule has 0 saturated carbocycles. The van der Waals surface area contributed by atoms with E-state index in [4.69, 9.17) is 4.74 Å². The molecular formula is C13H19N3O. The van der Waals surface area contributed by atoms with Crippen molar-refractivity contribution in [2.24, 2.45) is 7.05 Å². The highest BCUT2D eigenvalue weighted by molar-refractivity contribution is 5.78. The van der Waals surface area contributed by atoms with Gasteiger partial charge in [0.25, 0.3) is 0 Å². The van der Waals surface area contributed by atoms with Gasteiger partial charge in [-0.2, -0.15) is 0 Å². The Kier molecular flexibility index (Phi) is 3.64. The number of nitrogens with zero attached hydrogens (tertiary/aromatic N) is 2. The van der Waals surface area contributed by atoms with Gasteiger partial charge in [-0.15, -0.1) is 0 Å². The minimum absolute atomic E-state index is 0.255. The summed E-state index contributed by atoms with van der Waals surface area (Å²) in [4.78, 5) is 4.56. The Labute approximate surface area is 102 Å². The van der Waals surface area contributed by atoms with Gasteiger partial charge in [0.05, 0.1) is 17.6 Å². The molecule has 0 amide bonds. The minimum Gasteiger partial charge on any atom is -0.380 e. The van der Waals surface area contributed by atoms with Crippen LogP contribution in [0.2, 0.25) is 0 Å². The summed E-state index contributed by atoms with van der Waals surface area (Å²) in [7, 11) is 2.02. The second-order valence-electron chi connectivity index (χ2n) is 4.19. The fourth-order valence-corrected chi connectivity index (χ4v) is 1.83. The molecule has 1 unspecified atom stereocenters. The molecule has 1 N–H and O–H groups in total. The first-order chi connectivity index (χ1) is 8.22. The largest absolute Gasteiger partial charge is 0.380 e. The molecule has 92 valence electrons. The maximum atomic E-state index is 5.38. The van der Waals surface area contributed by atoms with Gasteiger partial charge in [0, 0.05) is 19.7 Å². The average Bonchev–Trinajstić information content (AvgIpc) is 2.64. The van der Waals surface area contributed by atoms with Gasteiger partial charge in [0.15, 0.2) is 0 Å². The second kappa shape index (κ2) is 5.19. The summed E-state index contributed by atoms with van der Waals surface area (Å²) in [6, 6.07) is 8.37. The highest BCUT2D eigenvalue weighted by Crippen LogP contribution is 2.17. The lowest BCUT2D eigenvalue weighted by Gasteiger charge is -2.14. The lowest BCUT2D eigenvalue weighted by molar-refractivity contribution is 0.141. The molecule has 1 heterocycles. The van der Waals surface area contributed by atoms with Crippen LogP contribution < -0.4 is 5.32 Å². The number of aryl methyl sites for hydroxylation is 1. The first-order valence-electron chi connectivity index (χ1n) is 5.98. The van der Waals surface area contributed by atoms with Crippen molar-refractivity contribution in [3.05, 3.63) is 24.3 Å². The van der Waals surface area contributed by atoms with Crippen LogP contribution in [0.3, 0.4) is 0 Å². The number of nitrogens with one attached hydrogen (secondary N) is 1. The number of aromatic nitrogens is 2. The molecular weight excluding hydrogens is 214 g/mol. The van der Waals surface area contributed by atoms with Crippen LogP contribution in [0, 0.1) is 0 Å². The van der Waals surface area contributed by atoms with Crippen LogP contribution in [0.15, 0.2) is 24.3 Å². The van der Waals surface area contributed by atoms with E-state index < -0.39 is 0 Å². The third-order valence-electron chi connectivity index (χ3n) is 2.73. The molecule has 0 aliphatic rings. The molecule has 0 aliphatic carbocycles. The monoisotopic (exact) mass is 233 g/mol. The zero-order valence-corrected chi connectivity index (χ0v) is 10.6. The van der Waals surface area contributed by atoms with Crippen molar-refractivity contribution in [1.29, 1.82) is 0 Å². The molecule has 0 fully saturated rings. The number of imidazole rings is 1. The van der Waals surface area contributed by atoms with E-state index in [0.717, 1.165) is 23.6 Å². The van der Waals surface area contributed by atoms with Gasteiger partial charge in [0.1, 0.15) is 0 Å². The predicted octanol–water partition coefficient (Wildman–Crippen LogP) is 2.41. The van der Waals surface area contributed by atoms with Crippen molar-refractivity contribution in [3.63, 3.8) is 0 Å². The molecule has 2 aromatic rings. The highest BCUT2D eigenvalue weighted by Gasteiger charge is 2.09. The molecule has 0 spiro atoms. The smallest absolute Gasteiger partial charge is 0.203 e. The van der Waals surface area contributed by atoms with E-state index >= 15 is 0 Å². The molecule has 1 aromatic carbocycles. The first kappa shape index (κ1) is 11.9. The normalized spacial score (nSPS) is 12.9.